The normalized spacial score (nSPS) is 32.9. The van der Waals surface area contributed by atoms with Crippen molar-refractivity contribution in [3.8, 4) is 5.75 Å². The van der Waals surface area contributed by atoms with E-state index in [9.17, 15) is 4.79 Å². The highest BCUT2D eigenvalue weighted by molar-refractivity contribution is 5.80. The molecule has 164 valence electrons. The molecule has 4 heterocycles. The van der Waals surface area contributed by atoms with Crippen molar-refractivity contribution < 1.29 is 19.0 Å². The van der Waals surface area contributed by atoms with E-state index in [1.54, 1.807) is 0 Å². The van der Waals surface area contributed by atoms with Crippen LogP contribution in [0.4, 0.5) is 0 Å². The highest BCUT2D eigenvalue weighted by Crippen LogP contribution is 2.38. The number of carbonyl (C=O) groups excluding carboxylic acids is 1. The van der Waals surface area contributed by atoms with Crippen LogP contribution in [-0.4, -0.2) is 68.5 Å². The fraction of sp³-hybridized carbons (Fsp3) is 0.708. The molecule has 6 nitrogen and oxygen atoms in total. The molecular weight excluding hydrogens is 380 g/mol. The lowest BCUT2D eigenvalue weighted by molar-refractivity contribution is -0.141. The summed E-state index contributed by atoms with van der Waals surface area (Å²) in [6.07, 6.45) is 6.94. The minimum absolute atomic E-state index is 0.0196. The Kier molecular flexibility index (Phi) is 6.25. The Morgan fingerprint density at radius 1 is 1.00 bits per heavy atom. The average molecular weight is 415 g/mol. The minimum atomic E-state index is 0.0196. The maximum Gasteiger partial charge on any atom is 0.228 e. The van der Waals surface area contributed by atoms with E-state index in [-0.39, 0.29) is 23.9 Å². The van der Waals surface area contributed by atoms with Crippen molar-refractivity contribution in [2.45, 2.75) is 62.6 Å². The maximum absolute atomic E-state index is 12.6. The molecule has 1 aromatic rings. The van der Waals surface area contributed by atoms with E-state index >= 15 is 0 Å². The summed E-state index contributed by atoms with van der Waals surface area (Å²) in [5, 5.41) is 3.32. The molecule has 1 saturated carbocycles. The molecule has 3 fully saturated rings. The number of benzene rings is 1. The number of para-hydroxylation sites is 1. The number of piperidine rings is 1. The van der Waals surface area contributed by atoms with Gasteiger partial charge in [-0.05, 0) is 62.6 Å². The van der Waals surface area contributed by atoms with Crippen LogP contribution >= 0.6 is 0 Å². The Hall–Kier alpha value is -1.63. The van der Waals surface area contributed by atoms with Gasteiger partial charge < -0.3 is 19.5 Å². The number of hydrogen-bond acceptors (Lipinski definition) is 5. The summed E-state index contributed by atoms with van der Waals surface area (Å²) in [5.74, 6) is 1.78. The molecule has 0 radical (unpaired) electrons. The zero-order valence-corrected chi connectivity index (χ0v) is 17.8. The number of fused-ring (bicyclic) bond motifs is 5. The number of ether oxygens (including phenoxy) is 3. The lowest BCUT2D eigenvalue weighted by Gasteiger charge is -2.42. The summed E-state index contributed by atoms with van der Waals surface area (Å²) in [6.45, 7) is 4.36. The van der Waals surface area contributed by atoms with Gasteiger partial charge in [0, 0.05) is 12.6 Å². The van der Waals surface area contributed by atoms with Crippen molar-refractivity contribution >= 4 is 5.91 Å². The summed E-state index contributed by atoms with van der Waals surface area (Å²) in [7, 11) is 0. The molecule has 1 aliphatic carbocycles. The van der Waals surface area contributed by atoms with Crippen LogP contribution in [0.5, 0.6) is 5.75 Å². The molecule has 2 atom stereocenters. The number of nitrogens with zero attached hydrogens (tertiary/aromatic N) is 1. The number of carbonyl (C=O) groups is 1. The quantitative estimate of drug-likeness (QED) is 0.806. The molecule has 0 aromatic heterocycles. The first-order chi connectivity index (χ1) is 14.8. The summed E-state index contributed by atoms with van der Waals surface area (Å²) < 4.78 is 18.0. The molecule has 0 unspecified atom stereocenters. The second kappa shape index (κ2) is 9.25. The zero-order valence-electron chi connectivity index (χ0n) is 17.8. The van der Waals surface area contributed by atoms with Gasteiger partial charge in [-0.2, -0.15) is 0 Å². The first kappa shape index (κ1) is 20.3. The standard InChI is InChI=1S/C24H34N2O4/c27-24(18-14-28-15-18)25-21-5-3-11-26-12-13-29-23-6-2-1-4-20(23)17-7-9-19(10-8-17)30-16-22(21)26/h1-2,4,6,17-19,21-22H,3,5,7-16H2,(H,25,27)/t17?,19?,21-,22-/m0/s1. The topological polar surface area (TPSA) is 60.0 Å². The molecule has 4 aliphatic heterocycles. The van der Waals surface area contributed by atoms with E-state index < -0.39 is 0 Å². The average Bonchev–Trinajstić information content (AvgIpc) is 2.74. The molecule has 6 rings (SSSR count). The van der Waals surface area contributed by atoms with Gasteiger partial charge in [0.05, 0.1) is 37.9 Å². The van der Waals surface area contributed by atoms with E-state index in [1.165, 1.54) is 5.56 Å². The number of hydrogen-bond donors (Lipinski definition) is 1. The first-order valence-corrected chi connectivity index (χ1v) is 11.7. The first-order valence-electron chi connectivity index (χ1n) is 11.7. The Bertz CT molecular complexity index is 730. The number of amides is 1. The Labute approximate surface area is 179 Å². The number of rotatable bonds is 2. The molecule has 2 saturated heterocycles. The third kappa shape index (κ3) is 4.36. The van der Waals surface area contributed by atoms with Crippen molar-refractivity contribution in [1.29, 1.82) is 0 Å². The van der Waals surface area contributed by atoms with Crippen LogP contribution in [0.1, 0.15) is 50.0 Å². The molecule has 1 amide bonds. The molecule has 1 N–H and O–H groups in total. The van der Waals surface area contributed by atoms with E-state index in [0.717, 1.165) is 57.4 Å². The van der Waals surface area contributed by atoms with E-state index in [1.807, 2.05) is 0 Å². The van der Waals surface area contributed by atoms with Crippen molar-refractivity contribution in [3.63, 3.8) is 0 Å². The molecule has 1 aromatic carbocycles. The molecule has 2 bridgehead atoms. The molecule has 6 heteroatoms. The zero-order chi connectivity index (χ0) is 20.3. The van der Waals surface area contributed by atoms with Crippen LogP contribution < -0.4 is 10.1 Å². The Balaban J connectivity index is 1.32. The van der Waals surface area contributed by atoms with Crippen LogP contribution in [0.2, 0.25) is 0 Å². The molecule has 30 heavy (non-hydrogen) atoms. The summed E-state index contributed by atoms with van der Waals surface area (Å²) in [5.41, 5.74) is 1.36. The minimum Gasteiger partial charge on any atom is -0.492 e. The van der Waals surface area contributed by atoms with Crippen molar-refractivity contribution in [1.82, 2.24) is 10.2 Å². The van der Waals surface area contributed by atoms with Gasteiger partial charge >= 0.3 is 0 Å². The summed E-state index contributed by atoms with van der Waals surface area (Å²) >= 11 is 0. The van der Waals surface area contributed by atoms with Gasteiger partial charge in [-0.25, -0.2) is 0 Å². The monoisotopic (exact) mass is 414 g/mol. The fourth-order valence-corrected chi connectivity index (χ4v) is 5.48. The van der Waals surface area contributed by atoms with E-state index in [0.29, 0.717) is 38.4 Å². The van der Waals surface area contributed by atoms with Crippen molar-refractivity contribution in [3.05, 3.63) is 29.8 Å². The van der Waals surface area contributed by atoms with Gasteiger partial charge in [-0.3, -0.25) is 9.69 Å². The van der Waals surface area contributed by atoms with Crippen molar-refractivity contribution in [2.24, 2.45) is 5.92 Å². The summed E-state index contributed by atoms with van der Waals surface area (Å²) in [4.78, 5) is 15.1. The van der Waals surface area contributed by atoms with Crippen molar-refractivity contribution in [2.75, 3.05) is 39.5 Å². The van der Waals surface area contributed by atoms with E-state index in [2.05, 4.69) is 34.5 Å². The van der Waals surface area contributed by atoms with Gasteiger partial charge in [-0.15, -0.1) is 0 Å². The Morgan fingerprint density at radius 2 is 1.83 bits per heavy atom. The predicted octanol–water partition coefficient (Wildman–Crippen LogP) is 2.72. The number of nitrogens with one attached hydrogen (secondary N) is 1. The maximum atomic E-state index is 12.6. The summed E-state index contributed by atoms with van der Waals surface area (Å²) in [6, 6.07) is 8.91. The second-order valence-corrected chi connectivity index (χ2v) is 9.29. The van der Waals surface area contributed by atoms with Gasteiger partial charge in [0.25, 0.3) is 0 Å². The van der Waals surface area contributed by atoms with Gasteiger partial charge in [0.15, 0.2) is 0 Å². The lowest BCUT2D eigenvalue weighted by Crippen LogP contribution is -2.59. The van der Waals surface area contributed by atoms with Crippen LogP contribution in [0.3, 0.4) is 0 Å². The second-order valence-electron chi connectivity index (χ2n) is 9.29. The van der Waals surface area contributed by atoms with Gasteiger partial charge in [0.1, 0.15) is 12.4 Å². The molecule has 5 aliphatic rings. The smallest absolute Gasteiger partial charge is 0.228 e. The van der Waals surface area contributed by atoms with Crippen LogP contribution in [0.15, 0.2) is 24.3 Å². The van der Waals surface area contributed by atoms with Crippen LogP contribution in [0, 0.1) is 5.92 Å². The lowest BCUT2D eigenvalue weighted by atomic mass is 9.82. The third-order valence-corrected chi connectivity index (χ3v) is 7.40. The fourth-order valence-electron chi connectivity index (χ4n) is 5.48. The highest BCUT2D eigenvalue weighted by Gasteiger charge is 2.36. The van der Waals surface area contributed by atoms with E-state index in [4.69, 9.17) is 14.2 Å². The van der Waals surface area contributed by atoms with Gasteiger partial charge in [0.2, 0.25) is 5.91 Å². The predicted molar refractivity (Wildman–Crippen MR) is 114 cm³/mol. The van der Waals surface area contributed by atoms with Crippen LogP contribution in [-0.2, 0) is 14.3 Å². The Morgan fingerprint density at radius 3 is 2.63 bits per heavy atom. The highest BCUT2D eigenvalue weighted by atomic mass is 16.5. The molecular formula is C24H34N2O4. The SMILES string of the molecule is O=C(N[C@H]1CCCN2CCOc3ccccc3C3CCC(CC3)OC[C@@H]12)C1COC1. The molecule has 0 spiro atoms. The largest absolute Gasteiger partial charge is 0.492 e. The third-order valence-electron chi connectivity index (χ3n) is 7.40. The van der Waals surface area contributed by atoms with Gasteiger partial charge in [-0.1, -0.05) is 18.2 Å². The van der Waals surface area contributed by atoms with Crippen LogP contribution in [0.25, 0.3) is 0 Å².